The van der Waals surface area contributed by atoms with Gasteiger partial charge >= 0.3 is 0 Å². The monoisotopic (exact) mass is 369 g/mol. The molecule has 7 heteroatoms. The van der Waals surface area contributed by atoms with E-state index >= 15 is 0 Å². The van der Waals surface area contributed by atoms with Gasteiger partial charge in [-0.05, 0) is 43.2 Å². The topological polar surface area (TPSA) is 44.9 Å². The fourth-order valence-corrected chi connectivity index (χ4v) is 4.82. The highest BCUT2D eigenvalue weighted by atomic mass is 32.2. The van der Waals surface area contributed by atoms with Gasteiger partial charge in [-0.1, -0.05) is 30.9 Å². The van der Waals surface area contributed by atoms with Crippen molar-refractivity contribution in [3.05, 3.63) is 23.8 Å². The lowest BCUT2D eigenvalue weighted by atomic mass is 10.1. The molecule has 0 saturated carbocycles. The van der Waals surface area contributed by atoms with E-state index in [9.17, 15) is 5.21 Å². The Balaban J connectivity index is 2.36. The van der Waals surface area contributed by atoms with E-state index in [1.165, 1.54) is 4.74 Å². The minimum absolute atomic E-state index is 0.214. The Morgan fingerprint density at radius 1 is 1.33 bits per heavy atom. The molecule has 1 aliphatic rings. The number of rotatable bonds is 6. The van der Waals surface area contributed by atoms with Gasteiger partial charge in [0.1, 0.15) is 9.07 Å². The summed E-state index contributed by atoms with van der Waals surface area (Å²) in [6.07, 6.45) is 2.45. The first-order chi connectivity index (χ1) is 11.3. The molecule has 1 aromatic carbocycles. The third-order valence-electron chi connectivity index (χ3n) is 3.91. The Hall–Kier alpha value is -1.47. The van der Waals surface area contributed by atoms with Crippen LogP contribution in [0, 0.1) is 0 Å². The van der Waals surface area contributed by atoms with Crippen LogP contribution >= 0.6 is 24.0 Å². The molecule has 0 spiro atoms. The van der Waals surface area contributed by atoms with E-state index in [0.717, 1.165) is 22.8 Å². The molecule has 1 saturated heterocycles. The fraction of sp³-hybridized carbons (Fsp3) is 0.529. The molecule has 24 heavy (non-hydrogen) atoms. The lowest BCUT2D eigenvalue weighted by Gasteiger charge is -2.24. The number of benzene rings is 1. The summed E-state index contributed by atoms with van der Waals surface area (Å²) in [6, 6.07) is 5.53. The molecule has 0 radical (unpaired) electrons. The Labute approximate surface area is 153 Å². The number of hydroxylamine groups is 1. The Morgan fingerprint density at radius 3 is 2.58 bits per heavy atom. The molecular weight excluding hydrogens is 344 g/mol. The second-order valence-electron chi connectivity index (χ2n) is 6.16. The molecule has 1 heterocycles. The zero-order valence-electron chi connectivity index (χ0n) is 14.8. The highest BCUT2D eigenvalue weighted by molar-refractivity contribution is 8.24. The third-order valence-corrected chi connectivity index (χ3v) is 5.54. The first kappa shape index (κ1) is 18.9. The van der Waals surface area contributed by atoms with Crippen LogP contribution in [0.1, 0.15) is 32.8 Å². The number of hydrogen-bond donors (Lipinski definition) is 1. The summed E-state index contributed by atoms with van der Waals surface area (Å²) in [6.45, 7) is 7.11. The molecule has 0 aromatic heterocycles. The maximum Gasteiger partial charge on any atom is 0.292 e. The van der Waals surface area contributed by atoms with E-state index in [0.29, 0.717) is 11.5 Å². The van der Waals surface area contributed by atoms with Crippen molar-refractivity contribution >= 4 is 34.5 Å². The number of thiocarbonyl (C=S) groups is 1. The van der Waals surface area contributed by atoms with Crippen molar-refractivity contribution in [3.63, 3.8) is 0 Å². The summed E-state index contributed by atoms with van der Waals surface area (Å²) in [5.74, 6) is 1.28. The van der Waals surface area contributed by atoms with Gasteiger partial charge in [0.25, 0.3) is 6.17 Å². The fourth-order valence-electron chi connectivity index (χ4n) is 2.88. The predicted molar refractivity (Wildman–Crippen MR) is 102 cm³/mol. The molecule has 1 N–H and O–H groups in total. The summed E-state index contributed by atoms with van der Waals surface area (Å²) < 4.78 is 12.4. The van der Waals surface area contributed by atoms with Crippen molar-refractivity contribution in [1.82, 2.24) is 4.90 Å². The van der Waals surface area contributed by atoms with Crippen LogP contribution < -0.4 is 9.47 Å². The second-order valence-corrected chi connectivity index (χ2v) is 8.45. The highest BCUT2D eigenvalue weighted by Crippen LogP contribution is 2.41. The number of ether oxygens (including phenoxy) is 2. The normalized spacial score (nSPS) is 20.4. The molecule has 2 rings (SSSR count). The van der Waals surface area contributed by atoms with Gasteiger partial charge in [0.05, 0.1) is 14.2 Å². The first-order valence-electron chi connectivity index (χ1n) is 7.87. The average Bonchev–Trinajstić information content (AvgIpc) is 2.76. The number of methoxy groups -OCH3 is 2. The van der Waals surface area contributed by atoms with Crippen LogP contribution in [0.3, 0.4) is 0 Å². The Morgan fingerprint density at radius 2 is 2.00 bits per heavy atom. The molecule has 5 nitrogen and oxygen atoms in total. The van der Waals surface area contributed by atoms with Crippen molar-refractivity contribution in [3.8, 4) is 11.5 Å². The van der Waals surface area contributed by atoms with Crippen LogP contribution in [-0.4, -0.2) is 57.1 Å². The van der Waals surface area contributed by atoms with E-state index in [1.807, 2.05) is 18.2 Å². The smallest absolute Gasteiger partial charge is 0.292 e. The van der Waals surface area contributed by atoms with E-state index < -0.39 is 0 Å². The van der Waals surface area contributed by atoms with Gasteiger partial charge < -0.3 is 9.47 Å². The van der Waals surface area contributed by atoms with Crippen molar-refractivity contribution < 1.29 is 19.4 Å². The number of nitrogens with zero attached hydrogens (tertiary/aromatic N) is 2. The maximum atomic E-state index is 10.7. The van der Waals surface area contributed by atoms with E-state index in [-0.39, 0.29) is 10.9 Å². The van der Waals surface area contributed by atoms with E-state index in [2.05, 4.69) is 25.7 Å². The standard InChI is InChI=1S/C17H25N2O3S2/c1-6-9-18-15(17(2,3)24-16(18)23)19(20)11-12-7-8-13(21-4)14(10-12)22-5/h7-8,10-11,15,20H,6,9H2,1-5H3/q+1. The van der Waals surface area contributed by atoms with Gasteiger partial charge in [0.2, 0.25) is 6.21 Å². The predicted octanol–water partition coefficient (Wildman–Crippen LogP) is 3.37. The first-order valence-corrected chi connectivity index (χ1v) is 9.10. The van der Waals surface area contributed by atoms with Gasteiger partial charge in [0, 0.05) is 12.1 Å². The average molecular weight is 370 g/mol. The summed E-state index contributed by atoms with van der Waals surface area (Å²) in [5, 5.41) is 10.7. The van der Waals surface area contributed by atoms with Gasteiger partial charge in [-0.3, -0.25) is 10.1 Å². The second kappa shape index (κ2) is 7.61. The largest absolute Gasteiger partial charge is 0.493 e. The number of hydrogen-bond acceptors (Lipinski definition) is 5. The maximum absolute atomic E-state index is 10.7. The zero-order valence-corrected chi connectivity index (χ0v) is 16.4. The third kappa shape index (κ3) is 3.78. The summed E-state index contributed by atoms with van der Waals surface area (Å²) in [4.78, 5) is 2.08. The molecule has 0 bridgehead atoms. The van der Waals surface area contributed by atoms with Crippen LogP contribution in [0.5, 0.6) is 11.5 Å². The lowest BCUT2D eigenvalue weighted by Crippen LogP contribution is -2.48. The van der Waals surface area contributed by atoms with Crippen molar-refractivity contribution in [2.45, 2.75) is 38.1 Å². The van der Waals surface area contributed by atoms with E-state index in [4.69, 9.17) is 21.7 Å². The minimum Gasteiger partial charge on any atom is -0.493 e. The van der Waals surface area contributed by atoms with Crippen LogP contribution in [-0.2, 0) is 0 Å². The SMILES string of the molecule is CCCN1C(=S)SC(C)(C)C1[N+](O)=Cc1ccc(OC)c(OC)c1. The Bertz CT molecular complexity index is 647. The summed E-state index contributed by atoms with van der Waals surface area (Å²) in [7, 11) is 3.19. The van der Waals surface area contributed by atoms with Gasteiger partial charge in [0.15, 0.2) is 11.5 Å². The molecular formula is C17H25N2O3S2+. The molecule has 132 valence electrons. The van der Waals surface area contributed by atoms with Gasteiger partial charge in [-0.25, -0.2) is 0 Å². The van der Waals surface area contributed by atoms with Crippen molar-refractivity contribution in [2.75, 3.05) is 20.8 Å². The highest BCUT2D eigenvalue weighted by Gasteiger charge is 2.52. The van der Waals surface area contributed by atoms with Crippen molar-refractivity contribution in [1.29, 1.82) is 0 Å². The van der Waals surface area contributed by atoms with Crippen LogP contribution in [0.4, 0.5) is 0 Å². The van der Waals surface area contributed by atoms with Crippen molar-refractivity contribution in [2.24, 2.45) is 0 Å². The molecule has 1 fully saturated rings. The summed E-state index contributed by atoms with van der Waals surface area (Å²) in [5.41, 5.74) is 0.824. The van der Waals surface area contributed by atoms with E-state index in [1.54, 1.807) is 32.2 Å². The van der Waals surface area contributed by atoms with Crippen LogP contribution in [0.15, 0.2) is 18.2 Å². The Kier molecular flexibility index (Phi) is 5.98. The molecule has 1 aliphatic heterocycles. The quantitative estimate of drug-likeness (QED) is 0.273. The molecule has 1 aromatic rings. The molecule has 1 unspecified atom stereocenters. The van der Waals surface area contributed by atoms with Gasteiger partial charge in [-0.2, -0.15) is 0 Å². The minimum atomic E-state index is -0.219. The lowest BCUT2D eigenvalue weighted by molar-refractivity contribution is -0.808. The summed E-state index contributed by atoms with van der Waals surface area (Å²) >= 11 is 7.11. The molecule has 0 amide bonds. The van der Waals surface area contributed by atoms with Crippen LogP contribution in [0.25, 0.3) is 0 Å². The van der Waals surface area contributed by atoms with Crippen LogP contribution in [0.2, 0.25) is 0 Å². The molecule has 1 atom stereocenters. The zero-order chi connectivity index (χ0) is 17.9. The number of thioether (sulfide) groups is 1. The molecule has 0 aliphatic carbocycles. The van der Waals surface area contributed by atoms with Gasteiger partial charge in [-0.15, -0.1) is 0 Å².